The molecule has 1 heterocycles. The molecule has 1 saturated heterocycles. The second-order valence-corrected chi connectivity index (χ2v) is 5.62. The molecule has 0 spiro atoms. The molecule has 0 amide bonds. The van der Waals surface area contributed by atoms with Crippen LogP contribution in [-0.4, -0.2) is 45.2 Å². The lowest BCUT2D eigenvalue weighted by Gasteiger charge is -2.30. The van der Waals surface area contributed by atoms with Gasteiger partial charge in [0.15, 0.2) is 0 Å². The van der Waals surface area contributed by atoms with Crippen LogP contribution in [0.1, 0.15) is 12.8 Å². The maximum absolute atomic E-state index is 10.7. The van der Waals surface area contributed by atoms with E-state index in [9.17, 15) is 8.42 Å². The van der Waals surface area contributed by atoms with Gasteiger partial charge in [-0.3, -0.25) is 0 Å². The zero-order valence-electron chi connectivity index (χ0n) is 8.35. The number of nitrogens with zero attached hydrogens (tertiary/aromatic N) is 1. The van der Waals surface area contributed by atoms with Gasteiger partial charge in [0.05, 0.1) is 5.75 Å². The zero-order chi connectivity index (χ0) is 10.6. The third-order valence-corrected chi connectivity index (χ3v) is 3.48. The van der Waals surface area contributed by atoms with Gasteiger partial charge in [-0.1, -0.05) is 0 Å². The molecule has 0 saturated carbocycles. The number of piperidine rings is 1. The molecule has 0 aromatic rings. The molecule has 0 aliphatic carbocycles. The van der Waals surface area contributed by atoms with Crippen molar-refractivity contribution in [2.45, 2.75) is 12.8 Å². The van der Waals surface area contributed by atoms with Crippen molar-refractivity contribution >= 4 is 10.0 Å². The van der Waals surface area contributed by atoms with Gasteiger partial charge in [-0.15, -0.1) is 0 Å². The summed E-state index contributed by atoms with van der Waals surface area (Å²) >= 11 is 0. The monoisotopic (exact) mass is 221 g/mol. The van der Waals surface area contributed by atoms with Gasteiger partial charge in [0, 0.05) is 6.54 Å². The first kappa shape index (κ1) is 11.9. The van der Waals surface area contributed by atoms with Crippen molar-refractivity contribution < 1.29 is 8.42 Å². The minimum atomic E-state index is -3.31. The van der Waals surface area contributed by atoms with Crippen molar-refractivity contribution in [3.63, 3.8) is 0 Å². The lowest BCUT2D eigenvalue weighted by molar-refractivity contribution is 0.196. The third-order valence-electron chi connectivity index (χ3n) is 2.73. The van der Waals surface area contributed by atoms with E-state index in [1.165, 1.54) is 0 Å². The van der Waals surface area contributed by atoms with Gasteiger partial charge in [0.25, 0.3) is 0 Å². The number of sulfonamides is 1. The molecule has 1 aliphatic rings. The van der Waals surface area contributed by atoms with E-state index < -0.39 is 10.0 Å². The lowest BCUT2D eigenvalue weighted by atomic mass is 9.97. The summed E-state index contributed by atoms with van der Waals surface area (Å²) in [7, 11) is -3.31. The molecule has 14 heavy (non-hydrogen) atoms. The number of likely N-dealkylation sites (tertiary alicyclic amines) is 1. The standard InChI is InChI=1S/C8H19N3O2S/c9-7-8-1-3-11(4-2-8)5-6-14(10,12)13/h8H,1-7,9H2,(H2,10,12,13). The van der Waals surface area contributed by atoms with Crippen LogP contribution < -0.4 is 10.9 Å². The number of primary sulfonamides is 1. The smallest absolute Gasteiger partial charge is 0.210 e. The van der Waals surface area contributed by atoms with Crippen molar-refractivity contribution in [1.82, 2.24) is 4.90 Å². The maximum atomic E-state index is 10.7. The van der Waals surface area contributed by atoms with Crippen LogP contribution in [0.25, 0.3) is 0 Å². The van der Waals surface area contributed by atoms with E-state index in [1.807, 2.05) is 0 Å². The highest BCUT2D eigenvalue weighted by Gasteiger charge is 2.18. The second kappa shape index (κ2) is 5.06. The quantitative estimate of drug-likeness (QED) is 0.633. The van der Waals surface area contributed by atoms with E-state index in [0.717, 1.165) is 32.5 Å². The number of hydrogen-bond acceptors (Lipinski definition) is 4. The Hall–Kier alpha value is -0.170. The van der Waals surface area contributed by atoms with Crippen LogP contribution in [0.2, 0.25) is 0 Å². The molecule has 4 N–H and O–H groups in total. The molecule has 1 rings (SSSR count). The Morgan fingerprint density at radius 1 is 1.29 bits per heavy atom. The number of hydrogen-bond donors (Lipinski definition) is 2. The normalized spacial score (nSPS) is 21.3. The van der Waals surface area contributed by atoms with Crippen molar-refractivity contribution in [2.75, 3.05) is 31.9 Å². The average Bonchev–Trinajstić information content (AvgIpc) is 2.14. The Morgan fingerprint density at radius 2 is 1.86 bits per heavy atom. The summed E-state index contributed by atoms with van der Waals surface area (Å²) in [6.45, 7) is 3.17. The maximum Gasteiger partial charge on any atom is 0.210 e. The summed E-state index contributed by atoms with van der Waals surface area (Å²) < 4.78 is 21.5. The molecule has 0 radical (unpaired) electrons. The fraction of sp³-hybridized carbons (Fsp3) is 1.00. The Balaban J connectivity index is 2.23. The van der Waals surface area contributed by atoms with Gasteiger partial charge in [0.2, 0.25) is 10.0 Å². The SMILES string of the molecule is NCC1CCN(CCS(N)(=O)=O)CC1. The van der Waals surface area contributed by atoms with Crippen molar-refractivity contribution in [3.05, 3.63) is 0 Å². The third kappa shape index (κ3) is 4.36. The van der Waals surface area contributed by atoms with Crippen molar-refractivity contribution in [2.24, 2.45) is 16.8 Å². The minimum Gasteiger partial charge on any atom is -0.330 e. The molecule has 1 aliphatic heterocycles. The Bertz CT molecular complexity index is 258. The summed E-state index contributed by atoms with van der Waals surface area (Å²) in [6, 6.07) is 0. The molecular weight excluding hydrogens is 202 g/mol. The fourth-order valence-electron chi connectivity index (χ4n) is 1.70. The Labute approximate surface area is 85.5 Å². The molecule has 0 bridgehead atoms. The highest BCUT2D eigenvalue weighted by atomic mass is 32.2. The Kier molecular flexibility index (Phi) is 4.31. The van der Waals surface area contributed by atoms with Gasteiger partial charge in [-0.2, -0.15) is 0 Å². The summed E-state index contributed by atoms with van der Waals surface area (Å²) in [4.78, 5) is 2.14. The summed E-state index contributed by atoms with van der Waals surface area (Å²) in [5.74, 6) is 0.668. The van der Waals surface area contributed by atoms with E-state index in [-0.39, 0.29) is 5.75 Å². The predicted molar refractivity (Wildman–Crippen MR) is 56.2 cm³/mol. The first-order chi connectivity index (χ1) is 6.51. The molecule has 1 fully saturated rings. The number of nitrogens with two attached hydrogens (primary N) is 2. The number of rotatable bonds is 4. The molecule has 0 aromatic carbocycles. The highest BCUT2D eigenvalue weighted by Crippen LogP contribution is 2.15. The van der Waals surface area contributed by atoms with Crippen LogP contribution in [0.15, 0.2) is 0 Å². The highest BCUT2D eigenvalue weighted by molar-refractivity contribution is 7.89. The molecule has 0 aromatic heterocycles. The molecular formula is C8H19N3O2S. The van der Waals surface area contributed by atoms with Gasteiger partial charge >= 0.3 is 0 Å². The van der Waals surface area contributed by atoms with Gasteiger partial charge in [-0.05, 0) is 38.4 Å². The second-order valence-electron chi connectivity index (χ2n) is 3.89. The van der Waals surface area contributed by atoms with E-state index in [4.69, 9.17) is 10.9 Å². The predicted octanol–water partition coefficient (Wildman–Crippen LogP) is -1.05. The average molecular weight is 221 g/mol. The fourth-order valence-corrected chi connectivity index (χ4v) is 2.21. The largest absolute Gasteiger partial charge is 0.330 e. The molecule has 5 nitrogen and oxygen atoms in total. The molecule has 6 heteroatoms. The summed E-state index contributed by atoms with van der Waals surface area (Å²) in [6.07, 6.45) is 2.14. The van der Waals surface area contributed by atoms with Gasteiger partial charge < -0.3 is 10.6 Å². The van der Waals surface area contributed by atoms with E-state index in [1.54, 1.807) is 0 Å². The van der Waals surface area contributed by atoms with Crippen LogP contribution in [-0.2, 0) is 10.0 Å². The molecule has 0 unspecified atom stereocenters. The van der Waals surface area contributed by atoms with Crippen LogP contribution in [0.5, 0.6) is 0 Å². The first-order valence-electron chi connectivity index (χ1n) is 4.94. The van der Waals surface area contributed by atoms with E-state index in [0.29, 0.717) is 12.5 Å². The van der Waals surface area contributed by atoms with Crippen LogP contribution in [0.4, 0.5) is 0 Å². The summed E-state index contributed by atoms with van der Waals surface area (Å²) in [5, 5.41) is 4.93. The molecule has 84 valence electrons. The van der Waals surface area contributed by atoms with Crippen LogP contribution in [0.3, 0.4) is 0 Å². The van der Waals surface area contributed by atoms with Gasteiger partial charge in [-0.25, -0.2) is 13.6 Å². The zero-order valence-corrected chi connectivity index (χ0v) is 9.17. The topological polar surface area (TPSA) is 89.4 Å². The van der Waals surface area contributed by atoms with Crippen LogP contribution >= 0.6 is 0 Å². The van der Waals surface area contributed by atoms with Crippen LogP contribution in [0, 0.1) is 5.92 Å². The van der Waals surface area contributed by atoms with E-state index in [2.05, 4.69) is 4.90 Å². The summed E-state index contributed by atoms with van der Waals surface area (Å²) in [5.41, 5.74) is 5.56. The van der Waals surface area contributed by atoms with Crippen molar-refractivity contribution in [3.8, 4) is 0 Å². The van der Waals surface area contributed by atoms with Crippen molar-refractivity contribution in [1.29, 1.82) is 0 Å². The molecule has 0 atom stereocenters. The lowest BCUT2D eigenvalue weighted by Crippen LogP contribution is -2.39. The van der Waals surface area contributed by atoms with E-state index >= 15 is 0 Å². The minimum absolute atomic E-state index is 0.0558. The van der Waals surface area contributed by atoms with Gasteiger partial charge in [0.1, 0.15) is 0 Å². The first-order valence-corrected chi connectivity index (χ1v) is 6.65. The Morgan fingerprint density at radius 3 is 2.29 bits per heavy atom.